The van der Waals surface area contributed by atoms with Crippen molar-refractivity contribution in [1.82, 2.24) is 20.2 Å². The van der Waals surface area contributed by atoms with Crippen LogP contribution in [0.2, 0.25) is 0 Å². The highest BCUT2D eigenvalue weighted by atomic mass is 32.1. The SMILES string of the molecule is O=C(NC1CCN(C(=O)c2ccncc2)CC1)c1ccc2ncsc2c1. The van der Waals surface area contributed by atoms with Crippen LogP contribution < -0.4 is 5.32 Å². The summed E-state index contributed by atoms with van der Waals surface area (Å²) in [6.45, 7) is 1.28. The molecule has 1 aliphatic rings. The highest BCUT2D eigenvalue weighted by Gasteiger charge is 2.24. The topological polar surface area (TPSA) is 75.2 Å². The fourth-order valence-electron chi connectivity index (χ4n) is 3.17. The van der Waals surface area contributed by atoms with E-state index in [0.29, 0.717) is 24.2 Å². The number of nitrogens with one attached hydrogen (secondary N) is 1. The van der Waals surface area contributed by atoms with Gasteiger partial charge in [-0.3, -0.25) is 14.6 Å². The van der Waals surface area contributed by atoms with Gasteiger partial charge in [0.25, 0.3) is 11.8 Å². The molecule has 6 nitrogen and oxygen atoms in total. The molecular weight excluding hydrogens is 348 g/mol. The Morgan fingerprint density at radius 3 is 2.62 bits per heavy atom. The quantitative estimate of drug-likeness (QED) is 0.773. The highest BCUT2D eigenvalue weighted by molar-refractivity contribution is 7.16. The number of rotatable bonds is 3. The molecule has 0 unspecified atom stereocenters. The number of hydrogen-bond donors (Lipinski definition) is 1. The summed E-state index contributed by atoms with van der Waals surface area (Å²) >= 11 is 1.53. The first-order valence-electron chi connectivity index (χ1n) is 8.54. The summed E-state index contributed by atoms with van der Waals surface area (Å²) in [5.74, 6) is -0.0490. The molecule has 132 valence electrons. The number of pyridine rings is 1. The molecule has 1 saturated heterocycles. The Morgan fingerprint density at radius 1 is 1.08 bits per heavy atom. The number of fused-ring (bicyclic) bond motifs is 1. The Labute approximate surface area is 154 Å². The van der Waals surface area contributed by atoms with Gasteiger partial charge in [0, 0.05) is 42.7 Å². The minimum absolute atomic E-state index is 0.0211. The summed E-state index contributed by atoms with van der Waals surface area (Å²) < 4.78 is 1.01. The number of nitrogens with zero attached hydrogens (tertiary/aromatic N) is 3. The summed E-state index contributed by atoms with van der Waals surface area (Å²) in [5.41, 5.74) is 3.99. The molecule has 2 aromatic heterocycles. The third-order valence-corrected chi connectivity index (χ3v) is 5.43. The standard InChI is InChI=1S/C19H18N4O2S/c24-18(14-1-2-16-17(11-14)26-12-21-16)22-15-5-9-23(10-6-15)19(25)13-3-7-20-8-4-13/h1-4,7-8,11-12,15H,5-6,9-10H2,(H,22,24). The van der Waals surface area contributed by atoms with Crippen molar-refractivity contribution in [3.8, 4) is 0 Å². The number of hydrogen-bond acceptors (Lipinski definition) is 5. The van der Waals surface area contributed by atoms with Crippen molar-refractivity contribution < 1.29 is 9.59 Å². The van der Waals surface area contributed by atoms with E-state index in [0.717, 1.165) is 23.1 Å². The van der Waals surface area contributed by atoms with E-state index in [1.165, 1.54) is 11.3 Å². The molecule has 0 atom stereocenters. The van der Waals surface area contributed by atoms with Crippen LogP contribution >= 0.6 is 11.3 Å². The van der Waals surface area contributed by atoms with Gasteiger partial charge in [0.2, 0.25) is 0 Å². The number of piperidine rings is 1. The number of amides is 2. The van der Waals surface area contributed by atoms with Gasteiger partial charge in [-0.1, -0.05) is 0 Å². The van der Waals surface area contributed by atoms with Crippen LogP contribution in [-0.2, 0) is 0 Å². The maximum Gasteiger partial charge on any atom is 0.253 e. The molecule has 7 heteroatoms. The summed E-state index contributed by atoms with van der Waals surface area (Å²) in [5, 5.41) is 3.09. The van der Waals surface area contributed by atoms with Crippen molar-refractivity contribution in [3.05, 3.63) is 59.4 Å². The number of likely N-dealkylation sites (tertiary alicyclic amines) is 1. The van der Waals surface area contributed by atoms with Gasteiger partial charge in [-0.2, -0.15) is 0 Å². The predicted octanol–water partition coefficient (Wildman–Crippen LogP) is 2.73. The smallest absolute Gasteiger partial charge is 0.253 e. The van der Waals surface area contributed by atoms with Crippen LogP contribution in [0.4, 0.5) is 0 Å². The maximum atomic E-state index is 12.5. The average Bonchev–Trinajstić information content (AvgIpc) is 3.16. The van der Waals surface area contributed by atoms with E-state index in [2.05, 4.69) is 15.3 Å². The molecule has 1 aliphatic heterocycles. The largest absolute Gasteiger partial charge is 0.349 e. The zero-order valence-electron chi connectivity index (χ0n) is 14.1. The molecule has 26 heavy (non-hydrogen) atoms. The molecule has 0 radical (unpaired) electrons. The van der Waals surface area contributed by atoms with Crippen LogP contribution in [0.3, 0.4) is 0 Å². The molecule has 0 saturated carbocycles. The van der Waals surface area contributed by atoms with Crippen LogP contribution in [-0.4, -0.2) is 45.8 Å². The lowest BCUT2D eigenvalue weighted by Gasteiger charge is -2.32. The van der Waals surface area contributed by atoms with Crippen molar-refractivity contribution in [2.75, 3.05) is 13.1 Å². The van der Waals surface area contributed by atoms with E-state index >= 15 is 0 Å². The van der Waals surface area contributed by atoms with Gasteiger partial charge >= 0.3 is 0 Å². The van der Waals surface area contributed by atoms with Gasteiger partial charge in [0.15, 0.2) is 0 Å². The van der Waals surface area contributed by atoms with Crippen LogP contribution in [0.15, 0.2) is 48.2 Å². The summed E-state index contributed by atoms with van der Waals surface area (Å²) in [7, 11) is 0. The second-order valence-electron chi connectivity index (χ2n) is 6.31. The predicted molar refractivity (Wildman–Crippen MR) is 100 cm³/mol. The number of carbonyl (C=O) groups excluding carboxylic acids is 2. The van der Waals surface area contributed by atoms with Crippen molar-refractivity contribution in [2.45, 2.75) is 18.9 Å². The summed E-state index contributed by atoms with van der Waals surface area (Å²) in [4.78, 5) is 35.0. The Balaban J connectivity index is 1.34. The Kier molecular flexibility index (Phi) is 4.62. The van der Waals surface area contributed by atoms with Crippen molar-refractivity contribution in [1.29, 1.82) is 0 Å². The lowest BCUT2D eigenvalue weighted by Crippen LogP contribution is -2.46. The molecule has 1 N–H and O–H groups in total. The van der Waals surface area contributed by atoms with E-state index in [1.807, 2.05) is 17.0 Å². The van der Waals surface area contributed by atoms with Crippen molar-refractivity contribution >= 4 is 33.4 Å². The van der Waals surface area contributed by atoms with Gasteiger partial charge < -0.3 is 10.2 Å². The monoisotopic (exact) mass is 366 g/mol. The molecule has 1 fully saturated rings. The number of thiazole rings is 1. The minimum atomic E-state index is -0.0702. The lowest BCUT2D eigenvalue weighted by molar-refractivity contribution is 0.0698. The third-order valence-electron chi connectivity index (χ3n) is 4.64. The van der Waals surface area contributed by atoms with Gasteiger partial charge in [-0.15, -0.1) is 11.3 Å². The van der Waals surface area contributed by atoms with Gasteiger partial charge in [0.1, 0.15) is 0 Å². The Morgan fingerprint density at radius 2 is 1.85 bits per heavy atom. The second-order valence-corrected chi connectivity index (χ2v) is 7.20. The molecular formula is C19H18N4O2S. The zero-order chi connectivity index (χ0) is 17.9. The van der Waals surface area contributed by atoms with E-state index in [-0.39, 0.29) is 17.9 Å². The van der Waals surface area contributed by atoms with Crippen LogP contribution in [0.5, 0.6) is 0 Å². The fourth-order valence-corrected chi connectivity index (χ4v) is 3.89. The number of benzene rings is 1. The molecule has 4 rings (SSSR count). The fraction of sp³-hybridized carbons (Fsp3) is 0.263. The molecule has 1 aromatic carbocycles. The highest BCUT2D eigenvalue weighted by Crippen LogP contribution is 2.20. The number of aromatic nitrogens is 2. The summed E-state index contributed by atoms with van der Waals surface area (Å²) in [6.07, 6.45) is 4.76. The van der Waals surface area contributed by atoms with Crippen LogP contribution in [0.25, 0.3) is 10.2 Å². The molecule has 3 heterocycles. The minimum Gasteiger partial charge on any atom is -0.349 e. The first-order valence-corrected chi connectivity index (χ1v) is 9.42. The molecule has 0 bridgehead atoms. The van der Waals surface area contributed by atoms with Crippen LogP contribution in [0, 0.1) is 0 Å². The number of carbonyl (C=O) groups is 2. The van der Waals surface area contributed by atoms with E-state index in [1.54, 1.807) is 36.1 Å². The van der Waals surface area contributed by atoms with Crippen molar-refractivity contribution in [3.63, 3.8) is 0 Å². The zero-order valence-corrected chi connectivity index (χ0v) is 14.9. The van der Waals surface area contributed by atoms with Gasteiger partial charge in [0.05, 0.1) is 15.7 Å². The Bertz CT molecular complexity index is 933. The van der Waals surface area contributed by atoms with E-state index in [4.69, 9.17) is 0 Å². The average molecular weight is 366 g/mol. The van der Waals surface area contributed by atoms with Gasteiger partial charge in [-0.05, 0) is 43.2 Å². The Hall–Kier alpha value is -2.80. The van der Waals surface area contributed by atoms with Crippen LogP contribution in [0.1, 0.15) is 33.6 Å². The van der Waals surface area contributed by atoms with E-state index < -0.39 is 0 Å². The normalized spacial score (nSPS) is 15.2. The van der Waals surface area contributed by atoms with Crippen molar-refractivity contribution in [2.24, 2.45) is 0 Å². The summed E-state index contributed by atoms with van der Waals surface area (Å²) in [6, 6.07) is 9.10. The molecule has 0 aliphatic carbocycles. The second kappa shape index (κ2) is 7.21. The first kappa shape index (κ1) is 16.7. The van der Waals surface area contributed by atoms with E-state index in [9.17, 15) is 9.59 Å². The molecule has 0 spiro atoms. The molecule has 2 amide bonds. The lowest BCUT2D eigenvalue weighted by atomic mass is 10.0. The maximum absolute atomic E-state index is 12.5. The first-order chi connectivity index (χ1) is 12.7. The third kappa shape index (κ3) is 3.43. The molecule has 3 aromatic rings. The van der Waals surface area contributed by atoms with Gasteiger partial charge in [-0.25, -0.2) is 4.98 Å².